The van der Waals surface area contributed by atoms with E-state index in [0.717, 1.165) is 12.0 Å². The third kappa shape index (κ3) is 4.45. The lowest BCUT2D eigenvalue weighted by atomic mass is 10.1. The summed E-state index contributed by atoms with van der Waals surface area (Å²) in [5.41, 5.74) is 1.12. The van der Waals surface area contributed by atoms with Crippen molar-refractivity contribution < 1.29 is 9.90 Å². The average Bonchev–Trinajstić information content (AvgIpc) is 2.30. The van der Waals surface area contributed by atoms with Gasteiger partial charge < -0.3 is 10.4 Å². The zero-order valence-corrected chi connectivity index (χ0v) is 9.65. The van der Waals surface area contributed by atoms with Crippen LogP contribution in [-0.2, 0) is 11.2 Å². The number of hydrogen-bond donors (Lipinski definition) is 2. The molecule has 0 aliphatic rings. The molecule has 1 atom stereocenters. The Hall–Kier alpha value is -1.35. The molecule has 0 unspecified atom stereocenters. The van der Waals surface area contributed by atoms with E-state index in [0.29, 0.717) is 12.8 Å². The Kier molecular flexibility index (Phi) is 5.57. The second-order valence-electron chi connectivity index (χ2n) is 3.89. The van der Waals surface area contributed by atoms with E-state index in [1.165, 1.54) is 0 Å². The molecule has 0 aromatic heterocycles. The van der Waals surface area contributed by atoms with Crippen LogP contribution in [0.2, 0.25) is 0 Å². The van der Waals surface area contributed by atoms with Gasteiger partial charge in [-0.25, -0.2) is 0 Å². The largest absolute Gasteiger partial charge is 0.394 e. The number of amides is 1. The first-order chi connectivity index (χ1) is 7.76. The Morgan fingerprint density at radius 2 is 2.06 bits per heavy atom. The van der Waals surface area contributed by atoms with E-state index < -0.39 is 0 Å². The van der Waals surface area contributed by atoms with E-state index in [-0.39, 0.29) is 18.6 Å². The van der Waals surface area contributed by atoms with Gasteiger partial charge in [-0.3, -0.25) is 4.79 Å². The molecule has 0 heterocycles. The van der Waals surface area contributed by atoms with Gasteiger partial charge in [0.2, 0.25) is 5.91 Å². The van der Waals surface area contributed by atoms with Crippen LogP contribution < -0.4 is 5.32 Å². The van der Waals surface area contributed by atoms with Gasteiger partial charge in [0.1, 0.15) is 0 Å². The molecule has 1 aromatic rings. The van der Waals surface area contributed by atoms with Gasteiger partial charge in [-0.15, -0.1) is 0 Å². The van der Waals surface area contributed by atoms with E-state index in [9.17, 15) is 9.90 Å². The molecule has 0 saturated carbocycles. The first-order valence-electron chi connectivity index (χ1n) is 5.70. The van der Waals surface area contributed by atoms with Crippen molar-refractivity contribution in [3.8, 4) is 0 Å². The summed E-state index contributed by atoms with van der Waals surface area (Å²) >= 11 is 0. The van der Waals surface area contributed by atoms with Gasteiger partial charge >= 0.3 is 0 Å². The maximum atomic E-state index is 11.4. The summed E-state index contributed by atoms with van der Waals surface area (Å²) < 4.78 is 0. The van der Waals surface area contributed by atoms with Gasteiger partial charge in [0.25, 0.3) is 0 Å². The smallest absolute Gasteiger partial charge is 0.220 e. The second-order valence-corrected chi connectivity index (χ2v) is 3.89. The summed E-state index contributed by atoms with van der Waals surface area (Å²) in [4.78, 5) is 11.4. The van der Waals surface area contributed by atoms with Crippen LogP contribution in [0.15, 0.2) is 30.3 Å². The Bertz CT molecular complexity index is 311. The zero-order valence-electron chi connectivity index (χ0n) is 9.65. The van der Waals surface area contributed by atoms with Crippen molar-refractivity contribution in [2.75, 3.05) is 6.61 Å². The number of rotatable bonds is 6. The predicted molar refractivity (Wildman–Crippen MR) is 64.1 cm³/mol. The number of aliphatic hydroxyl groups is 1. The number of benzene rings is 1. The lowest BCUT2D eigenvalue weighted by Crippen LogP contribution is -2.38. The van der Waals surface area contributed by atoms with Gasteiger partial charge in [0, 0.05) is 6.42 Å². The maximum Gasteiger partial charge on any atom is 0.220 e. The minimum absolute atomic E-state index is 0.0116. The number of aliphatic hydroxyl groups excluding tert-OH is 1. The maximum absolute atomic E-state index is 11.4. The standard InChI is InChI=1S/C13H19NO2/c1-2-6-13(16)14-12(10-15)9-11-7-4-3-5-8-11/h3-5,7-8,12,15H,2,6,9-10H2,1H3,(H,14,16)/t12-/m0/s1. The van der Waals surface area contributed by atoms with Gasteiger partial charge in [0.05, 0.1) is 12.6 Å². The van der Waals surface area contributed by atoms with Crippen molar-refractivity contribution in [1.82, 2.24) is 5.32 Å². The Labute approximate surface area is 96.5 Å². The van der Waals surface area contributed by atoms with Crippen LogP contribution in [-0.4, -0.2) is 23.7 Å². The highest BCUT2D eigenvalue weighted by Gasteiger charge is 2.10. The van der Waals surface area contributed by atoms with Crippen LogP contribution in [0, 0.1) is 0 Å². The summed E-state index contributed by atoms with van der Waals surface area (Å²) in [5.74, 6) is 0.0116. The van der Waals surface area contributed by atoms with Crippen LogP contribution in [0.25, 0.3) is 0 Å². The summed E-state index contributed by atoms with van der Waals surface area (Å²) in [7, 11) is 0. The fourth-order valence-electron chi connectivity index (χ4n) is 1.59. The predicted octanol–water partition coefficient (Wildman–Crippen LogP) is 1.51. The number of hydrogen-bond acceptors (Lipinski definition) is 2. The molecule has 88 valence electrons. The summed E-state index contributed by atoms with van der Waals surface area (Å²) in [6, 6.07) is 9.67. The third-order valence-electron chi connectivity index (χ3n) is 2.39. The normalized spacial score (nSPS) is 12.1. The first kappa shape index (κ1) is 12.7. The highest BCUT2D eigenvalue weighted by atomic mass is 16.3. The van der Waals surface area contributed by atoms with Crippen molar-refractivity contribution in [3.05, 3.63) is 35.9 Å². The molecule has 0 radical (unpaired) electrons. The number of carbonyl (C=O) groups excluding carboxylic acids is 1. The summed E-state index contributed by atoms with van der Waals surface area (Å²) in [6.45, 7) is 1.94. The first-order valence-corrected chi connectivity index (χ1v) is 5.70. The van der Waals surface area contributed by atoms with Crippen molar-refractivity contribution in [2.24, 2.45) is 0 Å². The van der Waals surface area contributed by atoms with E-state index in [4.69, 9.17) is 0 Å². The molecular formula is C13H19NO2. The average molecular weight is 221 g/mol. The fourth-order valence-corrected chi connectivity index (χ4v) is 1.59. The topological polar surface area (TPSA) is 49.3 Å². The highest BCUT2D eigenvalue weighted by Crippen LogP contribution is 2.03. The third-order valence-corrected chi connectivity index (χ3v) is 2.39. The molecule has 1 rings (SSSR count). The van der Waals surface area contributed by atoms with E-state index in [1.807, 2.05) is 37.3 Å². The van der Waals surface area contributed by atoms with Crippen LogP contribution in [0.4, 0.5) is 0 Å². The molecule has 0 bridgehead atoms. The Balaban J connectivity index is 2.46. The molecule has 0 spiro atoms. The van der Waals surface area contributed by atoms with Crippen LogP contribution in [0.5, 0.6) is 0 Å². The zero-order chi connectivity index (χ0) is 11.8. The second kappa shape index (κ2) is 7.01. The molecule has 2 N–H and O–H groups in total. The Morgan fingerprint density at radius 1 is 1.38 bits per heavy atom. The molecule has 0 aliphatic heterocycles. The van der Waals surface area contributed by atoms with Crippen LogP contribution in [0.1, 0.15) is 25.3 Å². The number of carbonyl (C=O) groups is 1. The summed E-state index contributed by atoms with van der Waals surface area (Å²) in [5, 5.41) is 12.0. The lowest BCUT2D eigenvalue weighted by molar-refractivity contribution is -0.122. The SMILES string of the molecule is CCCC(=O)N[C@H](CO)Cc1ccccc1. The molecule has 16 heavy (non-hydrogen) atoms. The van der Waals surface area contributed by atoms with Crippen LogP contribution >= 0.6 is 0 Å². The molecule has 3 heteroatoms. The Morgan fingerprint density at radius 3 is 2.62 bits per heavy atom. The van der Waals surface area contributed by atoms with E-state index >= 15 is 0 Å². The summed E-state index contributed by atoms with van der Waals surface area (Å²) in [6.07, 6.45) is 2.02. The van der Waals surface area contributed by atoms with Gasteiger partial charge in [-0.2, -0.15) is 0 Å². The van der Waals surface area contributed by atoms with Crippen molar-refractivity contribution in [3.63, 3.8) is 0 Å². The van der Waals surface area contributed by atoms with Crippen LogP contribution in [0.3, 0.4) is 0 Å². The van der Waals surface area contributed by atoms with Gasteiger partial charge in [0.15, 0.2) is 0 Å². The van der Waals surface area contributed by atoms with E-state index in [1.54, 1.807) is 0 Å². The molecule has 1 aromatic carbocycles. The monoisotopic (exact) mass is 221 g/mol. The minimum atomic E-state index is -0.179. The minimum Gasteiger partial charge on any atom is -0.394 e. The van der Waals surface area contributed by atoms with E-state index in [2.05, 4.69) is 5.32 Å². The lowest BCUT2D eigenvalue weighted by Gasteiger charge is -2.16. The molecule has 0 fully saturated rings. The molecule has 0 aliphatic carbocycles. The molecule has 3 nitrogen and oxygen atoms in total. The van der Waals surface area contributed by atoms with Crippen molar-refractivity contribution in [1.29, 1.82) is 0 Å². The number of nitrogens with one attached hydrogen (secondary N) is 1. The highest BCUT2D eigenvalue weighted by molar-refractivity contribution is 5.76. The van der Waals surface area contributed by atoms with Crippen molar-refractivity contribution in [2.45, 2.75) is 32.2 Å². The fraction of sp³-hybridized carbons (Fsp3) is 0.462. The molecule has 1 amide bonds. The van der Waals surface area contributed by atoms with Gasteiger partial charge in [-0.1, -0.05) is 37.3 Å². The van der Waals surface area contributed by atoms with Crippen molar-refractivity contribution >= 4 is 5.91 Å². The molecular weight excluding hydrogens is 202 g/mol. The quantitative estimate of drug-likeness (QED) is 0.765. The molecule has 0 saturated heterocycles. The van der Waals surface area contributed by atoms with Gasteiger partial charge in [-0.05, 0) is 18.4 Å².